The van der Waals surface area contributed by atoms with E-state index in [1.165, 1.54) is 19.3 Å². The van der Waals surface area contributed by atoms with Crippen LogP contribution < -0.4 is 5.32 Å². The average Bonchev–Trinajstić information content (AvgIpc) is 2.35. The van der Waals surface area contributed by atoms with Crippen molar-refractivity contribution in [2.45, 2.75) is 52.5 Å². The van der Waals surface area contributed by atoms with E-state index in [2.05, 4.69) is 24.2 Å². The lowest BCUT2D eigenvalue weighted by atomic mass is 10.2. The zero-order chi connectivity index (χ0) is 13.8. The first-order valence-corrected chi connectivity index (χ1v) is 7.24. The molecular weight excluding hydrogens is 228 g/mol. The molecule has 0 aliphatic heterocycles. The molecule has 0 aromatic carbocycles. The van der Waals surface area contributed by atoms with E-state index in [0.29, 0.717) is 6.61 Å². The number of carbonyl (C=O) groups excluding carboxylic acids is 1. The standard InChI is InChI=1S/C14H30N2O2/c1-5-8-9-11-16(4)12-10-13(15-6-2)14(17)18-7-3/h13,15H,5-12H2,1-4H3. The smallest absolute Gasteiger partial charge is 0.323 e. The van der Waals surface area contributed by atoms with Gasteiger partial charge in [-0.3, -0.25) is 4.79 Å². The van der Waals surface area contributed by atoms with Crippen molar-refractivity contribution in [3.05, 3.63) is 0 Å². The summed E-state index contributed by atoms with van der Waals surface area (Å²) in [6.07, 6.45) is 4.57. The molecule has 0 amide bonds. The van der Waals surface area contributed by atoms with Gasteiger partial charge in [0.2, 0.25) is 0 Å². The third-order valence-corrected chi connectivity index (χ3v) is 2.96. The third kappa shape index (κ3) is 8.48. The number of hydrogen-bond donors (Lipinski definition) is 1. The van der Waals surface area contributed by atoms with Crippen LogP contribution in [0.1, 0.15) is 46.5 Å². The van der Waals surface area contributed by atoms with Crippen molar-refractivity contribution < 1.29 is 9.53 Å². The molecular formula is C14H30N2O2. The van der Waals surface area contributed by atoms with Gasteiger partial charge in [0.25, 0.3) is 0 Å². The molecule has 0 heterocycles. The van der Waals surface area contributed by atoms with Crippen LogP contribution in [0.3, 0.4) is 0 Å². The zero-order valence-corrected chi connectivity index (χ0v) is 12.5. The lowest BCUT2D eigenvalue weighted by Gasteiger charge is -2.21. The van der Waals surface area contributed by atoms with Gasteiger partial charge in [0.15, 0.2) is 0 Å². The molecule has 0 aromatic heterocycles. The fraction of sp³-hybridized carbons (Fsp3) is 0.929. The summed E-state index contributed by atoms with van der Waals surface area (Å²) in [5.41, 5.74) is 0. The van der Waals surface area contributed by atoms with E-state index in [1.807, 2.05) is 13.8 Å². The summed E-state index contributed by atoms with van der Waals surface area (Å²) in [5, 5.41) is 3.19. The number of nitrogens with one attached hydrogen (secondary N) is 1. The van der Waals surface area contributed by atoms with Crippen LogP contribution >= 0.6 is 0 Å². The highest BCUT2D eigenvalue weighted by atomic mass is 16.5. The molecule has 0 saturated heterocycles. The number of unbranched alkanes of at least 4 members (excludes halogenated alkanes) is 2. The van der Waals surface area contributed by atoms with Crippen molar-refractivity contribution in [3.63, 3.8) is 0 Å². The Bertz CT molecular complexity index is 210. The molecule has 0 rings (SSSR count). The van der Waals surface area contributed by atoms with E-state index in [1.54, 1.807) is 0 Å². The van der Waals surface area contributed by atoms with Gasteiger partial charge in [-0.15, -0.1) is 0 Å². The first-order valence-electron chi connectivity index (χ1n) is 7.24. The first kappa shape index (κ1) is 17.4. The Morgan fingerprint density at radius 3 is 2.50 bits per heavy atom. The third-order valence-electron chi connectivity index (χ3n) is 2.96. The van der Waals surface area contributed by atoms with E-state index in [4.69, 9.17) is 4.74 Å². The lowest BCUT2D eigenvalue weighted by molar-refractivity contribution is -0.145. The maximum absolute atomic E-state index is 11.7. The van der Waals surface area contributed by atoms with Gasteiger partial charge in [0, 0.05) is 0 Å². The first-order chi connectivity index (χ1) is 8.65. The Morgan fingerprint density at radius 2 is 1.94 bits per heavy atom. The van der Waals surface area contributed by atoms with Crippen LogP contribution in [0.5, 0.6) is 0 Å². The quantitative estimate of drug-likeness (QED) is 0.455. The molecule has 0 aliphatic carbocycles. The highest BCUT2D eigenvalue weighted by Gasteiger charge is 2.18. The van der Waals surface area contributed by atoms with Gasteiger partial charge in [0.05, 0.1) is 6.61 Å². The fourth-order valence-corrected chi connectivity index (χ4v) is 1.89. The monoisotopic (exact) mass is 258 g/mol. The molecule has 4 nitrogen and oxygen atoms in total. The summed E-state index contributed by atoms with van der Waals surface area (Å²) >= 11 is 0. The second-order valence-electron chi connectivity index (χ2n) is 4.66. The van der Waals surface area contributed by atoms with Crippen LogP contribution in [0.25, 0.3) is 0 Å². The van der Waals surface area contributed by atoms with Crippen LogP contribution in [0.2, 0.25) is 0 Å². The summed E-state index contributed by atoms with van der Waals surface area (Å²) in [6, 6.07) is -0.163. The number of carbonyl (C=O) groups is 1. The number of likely N-dealkylation sites (N-methyl/N-ethyl adjacent to an activating group) is 1. The van der Waals surface area contributed by atoms with E-state index in [0.717, 1.165) is 26.1 Å². The molecule has 1 atom stereocenters. The number of nitrogens with zero attached hydrogens (tertiary/aromatic N) is 1. The topological polar surface area (TPSA) is 41.6 Å². The Kier molecular flexibility index (Phi) is 11.1. The van der Waals surface area contributed by atoms with Gasteiger partial charge in [-0.05, 0) is 46.4 Å². The van der Waals surface area contributed by atoms with Crippen LogP contribution in [0, 0.1) is 0 Å². The van der Waals surface area contributed by atoms with Crippen molar-refractivity contribution >= 4 is 5.97 Å². The summed E-state index contributed by atoms with van der Waals surface area (Å²) in [7, 11) is 2.11. The predicted octanol–water partition coefficient (Wildman–Crippen LogP) is 2.04. The van der Waals surface area contributed by atoms with Crippen LogP contribution in [-0.2, 0) is 9.53 Å². The summed E-state index contributed by atoms with van der Waals surface area (Å²) in [4.78, 5) is 14.0. The summed E-state index contributed by atoms with van der Waals surface area (Å²) in [5.74, 6) is -0.124. The van der Waals surface area contributed by atoms with Crippen molar-refractivity contribution in [1.82, 2.24) is 10.2 Å². The largest absolute Gasteiger partial charge is 0.465 e. The predicted molar refractivity (Wildman–Crippen MR) is 75.7 cm³/mol. The molecule has 4 heteroatoms. The molecule has 0 bridgehead atoms. The van der Waals surface area contributed by atoms with E-state index in [-0.39, 0.29) is 12.0 Å². The van der Waals surface area contributed by atoms with Crippen molar-refractivity contribution in [1.29, 1.82) is 0 Å². The average molecular weight is 258 g/mol. The molecule has 0 aliphatic rings. The number of hydrogen-bond acceptors (Lipinski definition) is 4. The molecule has 18 heavy (non-hydrogen) atoms. The van der Waals surface area contributed by atoms with Gasteiger partial charge in [-0.2, -0.15) is 0 Å². The molecule has 108 valence electrons. The van der Waals surface area contributed by atoms with Crippen molar-refractivity contribution in [2.75, 3.05) is 33.3 Å². The van der Waals surface area contributed by atoms with Crippen molar-refractivity contribution in [3.8, 4) is 0 Å². The minimum Gasteiger partial charge on any atom is -0.465 e. The molecule has 0 spiro atoms. The van der Waals surface area contributed by atoms with Gasteiger partial charge in [-0.1, -0.05) is 26.7 Å². The highest BCUT2D eigenvalue weighted by molar-refractivity contribution is 5.75. The van der Waals surface area contributed by atoms with Gasteiger partial charge in [0.1, 0.15) is 6.04 Å². The van der Waals surface area contributed by atoms with Gasteiger partial charge < -0.3 is 15.0 Å². The maximum atomic E-state index is 11.7. The Labute approximate surface area is 112 Å². The number of rotatable bonds is 11. The van der Waals surface area contributed by atoms with Crippen molar-refractivity contribution in [2.24, 2.45) is 0 Å². The Morgan fingerprint density at radius 1 is 1.22 bits per heavy atom. The van der Waals surface area contributed by atoms with E-state index in [9.17, 15) is 4.79 Å². The van der Waals surface area contributed by atoms with Gasteiger partial charge in [-0.25, -0.2) is 0 Å². The normalized spacial score (nSPS) is 12.7. The molecule has 0 aromatic rings. The van der Waals surface area contributed by atoms with Gasteiger partial charge >= 0.3 is 5.97 Å². The lowest BCUT2D eigenvalue weighted by Crippen LogP contribution is -2.40. The van der Waals surface area contributed by atoms with E-state index >= 15 is 0 Å². The number of ether oxygens (including phenoxy) is 1. The zero-order valence-electron chi connectivity index (χ0n) is 12.5. The van der Waals surface area contributed by atoms with Crippen LogP contribution in [0.4, 0.5) is 0 Å². The minimum atomic E-state index is -0.163. The van der Waals surface area contributed by atoms with E-state index < -0.39 is 0 Å². The summed E-state index contributed by atoms with van der Waals surface area (Å²) < 4.78 is 5.07. The second-order valence-corrected chi connectivity index (χ2v) is 4.66. The second kappa shape index (κ2) is 11.5. The number of esters is 1. The molecule has 1 N–H and O–H groups in total. The minimum absolute atomic E-state index is 0.124. The molecule has 0 saturated carbocycles. The molecule has 0 radical (unpaired) electrons. The fourth-order valence-electron chi connectivity index (χ4n) is 1.89. The Hall–Kier alpha value is -0.610. The van der Waals surface area contributed by atoms with Crippen LogP contribution in [-0.4, -0.2) is 50.2 Å². The summed E-state index contributed by atoms with van der Waals surface area (Å²) in [6.45, 7) is 9.35. The highest BCUT2D eigenvalue weighted by Crippen LogP contribution is 2.01. The van der Waals surface area contributed by atoms with Crippen LogP contribution in [0.15, 0.2) is 0 Å². The maximum Gasteiger partial charge on any atom is 0.323 e. The molecule has 1 unspecified atom stereocenters. The Balaban J connectivity index is 3.90. The molecule has 0 fully saturated rings. The SMILES string of the molecule is CCCCCN(C)CCC(NCC)C(=O)OCC.